The standard InChI is InChI=1S/C23H16ClNO6/c1-13-9-16-20(26)21(27)22(31-23(16)18(10-13)25(28)29)15-7-8-19(17(24)11-15)30-12-14-5-3-2-4-6-14/h2-11,27H,12H2,1H3. The lowest BCUT2D eigenvalue weighted by molar-refractivity contribution is -0.383. The van der Waals surface area contributed by atoms with Crippen molar-refractivity contribution in [3.8, 4) is 22.8 Å². The van der Waals surface area contributed by atoms with Crippen molar-refractivity contribution in [3.05, 3.63) is 97.2 Å². The average Bonchev–Trinajstić information content (AvgIpc) is 2.76. The van der Waals surface area contributed by atoms with Crippen LogP contribution in [0.5, 0.6) is 11.5 Å². The van der Waals surface area contributed by atoms with Crippen molar-refractivity contribution in [2.75, 3.05) is 0 Å². The summed E-state index contributed by atoms with van der Waals surface area (Å²) < 4.78 is 11.4. The summed E-state index contributed by atoms with van der Waals surface area (Å²) in [5, 5.41) is 22.0. The molecule has 7 nitrogen and oxygen atoms in total. The van der Waals surface area contributed by atoms with Gasteiger partial charge in [0.1, 0.15) is 12.4 Å². The number of ether oxygens (including phenoxy) is 1. The lowest BCUT2D eigenvalue weighted by Gasteiger charge is -2.11. The molecule has 0 bridgehead atoms. The number of rotatable bonds is 5. The number of aryl methyl sites for hydroxylation is 1. The average molecular weight is 438 g/mol. The summed E-state index contributed by atoms with van der Waals surface area (Å²) in [4.78, 5) is 23.5. The number of hydrogen-bond donors (Lipinski definition) is 1. The number of non-ortho nitro benzene ring substituents is 1. The van der Waals surface area contributed by atoms with Crippen LogP contribution >= 0.6 is 11.6 Å². The van der Waals surface area contributed by atoms with Gasteiger partial charge in [0.25, 0.3) is 0 Å². The first-order valence-corrected chi connectivity index (χ1v) is 9.64. The number of hydrogen-bond acceptors (Lipinski definition) is 6. The van der Waals surface area contributed by atoms with E-state index in [0.717, 1.165) is 5.56 Å². The van der Waals surface area contributed by atoms with Crippen LogP contribution in [0.3, 0.4) is 0 Å². The van der Waals surface area contributed by atoms with E-state index in [-0.39, 0.29) is 33.0 Å². The van der Waals surface area contributed by atoms with Crippen molar-refractivity contribution in [1.29, 1.82) is 0 Å². The van der Waals surface area contributed by atoms with Crippen LogP contribution in [0, 0.1) is 17.0 Å². The highest BCUT2D eigenvalue weighted by Gasteiger charge is 2.23. The summed E-state index contributed by atoms with van der Waals surface area (Å²) in [5.41, 5.74) is 0.410. The van der Waals surface area contributed by atoms with Crippen LogP contribution < -0.4 is 10.2 Å². The molecule has 4 aromatic rings. The Morgan fingerprint density at radius 1 is 1.13 bits per heavy atom. The first-order chi connectivity index (χ1) is 14.8. The normalized spacial score (nSPS) is 10.9. The Morgan fingerprint density at radius 3 is 2.55 bits per heavy atom. The summed E-state index contributed by atoms with van der Waals surface area (Å²) in [6.07, 6.45) is 0. The van der Waals surface area contributed by atoms with Crippen LogP contribution in [0.25, 0.3) is 22.3 Å². The second-order valence-corrected chi connectivity index (χ2v) is 7.35. The fourth-order valence-corrected chi connectivity index (χ4v) is 3.47. The molecular formula is C23H16ClNO6. The minimum atomic E-state index is -0.761. The van der Waals surface area contributed by atoms with Crippen molar-refractivity contribution in [3.63, 3.8) is 0 Å². The predicted molar refractivity (Wildman–Crippen MR) is 117 cm³/mol. The third-order valence-electron chi connectivity index (χ3n) is 4.72. The number of halogens is 1. The highest BCUT2D eigenvalue weighted by Crippen LogP contribution is 2.37. The fourth-order valence-electron chi connectivity index (χ4n) is 3.24. The first kappa shape index (κ1) is 20.4. The Kier molecular flexibility index (Phi) is 5.35. The van der Waals surface area contributed by atoms with E-state index >= 15 is 0 Å². The van der Waals surface area contributed by atoms with Crippen molar-refractivity contribution in [2.24, 2.45) is 0 Å². The summed E-state index contributed by atoms with van der Waals surface area (Å²) in [6.45, 7) is 1.92. The Labute approximate surface area is 181 Å². The van der Waals surface area contributed by atoms with Crippen LogP contribution in [0.1, 0.15) is 11.1 Å². The summed E-state index contributed by atoms with van der Waals surface area (Å²) >= 11 is 6.32. The zero-order valence-corrected chi connectivity index (χ0v) is 17.1. The van der Waals surface area contributed by atoms with Gasteiger partial charge in [0.05, 0.1) is 15.3 Å². The van der Waals surface area contributed by atoms with Gasteiger partial charge in [0, 0.05) is 11.6 Å². The van der Waals surface area contributed by atoms with Crippen LogP contribution in [0.15, 0.2) is 69.9 Å². The number of benzene rings is 3. The zero-order chi connectivity index (χ0) is 22.1. The van der Waals surface area contributed by atoms with E-state index < -0.39 is 16.1 Å². The SMILES string of the molecule is Cc1cc([N+](=O)[O-])c2oc(-c3ccc(OCc4ccccc4)c(Cl)c3)c(O)c(=O)c2c1. The molecule has 1 N–H and O–H groups in total. The maximum atomic E-state index is 12.7. The predicted octanol–water partition coefficient (Wildman–Crippen LogP) is 5.61. The van der Waals surface area contributed by atoms with Crippen molar-refractivity contribution in [1.82, 2.24) is 0 Å². The van der Waals surface area contributed by atoms with Gasteiger partial charge in [-0.3, -0.25) is 14.9 Å². The number of fused-ring (bicyclic) bond motifs is 1. The lowest BCUT2D eigenvalue weighted by Crippen LogP contribution is -2.05. The molecule has 156 valence electrons. The number of nitro benzene ring substituents is 1. The molecule has 0 amide bonds. The summed E-state index contributed by atoms with van der Waals surface area (Å²) in [7, 11) is 0. The fraction of sp³-hybridized carbons (Fsp3) is 0.0870. The van der Waals surface area contributed by atoms with E-state index in [4.69, 9.17) is 20.8 Å². The van der Waals surface area contributed by atoms with Crippen LogP contribution in [-0.4, -0.2) is 10.0 Å². The molecule has 0 unspecified atom stereocenters. The smallest absolute Gasteiger partial charge is 0.312 e. The zero-order valence-electron chi connectivity index (χ0n) is 16.3. The molecule has 0 aliphatic rings. The molecule has 8 heteroatoms. The lowest BCUT2D eigenvalue weighted by atomic mass is 10.1. The van der Waals surface area contributed by atoms with Gasteiger partial charge in [0.15, 0.2) is 5.76 Å². The molecular weight excluding hydrogens is 422 g/mol. The number of nitrogens with zero attached hydrogens (tertiary/aromatic N) is 1. The van der Waals surface area contributed by atoms with Gasteiger partial charge in [-0.15, -0.1) is 0 Å². The monoisotopic (exact) mass is 437 g/mol. The molecule has 4 rings (SSSR count). The van der Waals surface area contributed by atoms with Crippen molar-refractivity contribution < 1.29 is 19.2 Å². The van der Waals surface area contributed by atoms with Gasteiger partial charge in [-0.2, -0.15) is 0 Å². The molecule has 0 fully saturated rings. The highest BCUT2D eigenvalue weighted by atomic mass is 35.5. The van der Waals surface area contributed by atoms with Crippen LogP contribution in [0.2, 0.25) is 5.02 Å². The maximum absolute atomic E-state index is 12.7. The first-order valence-electron chi connectivity index (χ1n) is 9.26. The Balaban J connectivity index is 1.76. The van der Waals surface area contributed by atoms with Gasteiger partial charge in [0.2, 0.25) is 16.8 Å². The van der Waals surface area contributed by atoms with Crippen molar-refractivity contribution >= 4 is 28.3 Å². The molecule has 31 heavy (non-hydrogen) atoms. The molecule has 3 aromatic carbocycles. The second-order valence-electron chi connectivity index (χ2n) is 6.95. The topological polar surface area (TPSA) is 103 Å². The van der Waals surface area contributed by atoms with E-state index in [1.165, 1.54) is 18.2 Å². The Hall–Kier alpha value is -3.84. The molecule has 1 heterocycles. The molecule has 0 saturated heterocycles. The molecule has 0 atom stereocenters. The summed E-state index contributed by atoms with van der Waals surface area (Å²) in [5.74, 6) is -0.458. The molecule has 0 radical (unpaired) electrons. The van der Waals surface area contributed by atoms with Gasteiger partial charge in [-0.1, -0.05) is 41.9 Å². The van der Waals surface area contributed by atoms with Crippen LogP contribution in [0.4, 0.5) is 5.69 Å². The second kappa shape index (κ2) is 8.12. The molecule has 0 spiro atoms. The largest absolute Gasteiger partial charge is 0.502 e. The van der Waals surface area contributed by atoms with Crippen molar-refractivity contribution in [2.45, 2.75) is 13.5 Å². The Bertz CT molecular complexity index is 1360. The van der Waals surface area contributed by atoms with Crippen LogP contribution in [-0.2, 0) is 6.61 Å². The third kappa shape index (κ3) is 3.95. The van der Waals surface area contributed by atoms with Gasteiger partial charge in [-0.05, 0) is 42.3 Å². The van der Waals surface area contributed by atoms with E-state index in [2.05, 4.69) is 0 Å². The quantitative estimate of drug-likeness (QED) is 0.321. The summed E-state index contributed by atoms with van der Waals surface area (Å²) in [6, 6.07) is 16.9. The van der Waals surface area contributed by atoms with E-state index in [0.29, 0.717) is 17.9 Å². The van der Waals surface area contributed by atoms with Gasteiger partial charge >= 0.3 is 5.69 Å². The minimum absolute atomic E-state index is 0.0677. The van der Waals surface area contributed by atoms with Gasteiger partial charge < -0.3 is 14.3 Å². The molecule has 1 aromatic heterocycles. The van der Waals surface area contributed by atoms with E-state index in [1.54, 1.807) is 19.1 Å². The van der Waals surface area contributed by atoms with E-state index in [9.17, 15) is 20.0 Å². The molecule has 0 aliphatic carbocycles. The molecule has 0 aliphatic heterocycles. The minimum Gasteiger partial charge on any atom is -0.502 e. The number of nitro groups is 1. The number of aromatic hydroxyl groups is 1. The Morgan fingerprint density at radius 2 is 1.87 bits per heavy atom. The third-order valence-corrected chi connectivity index (χ3v) is 5.02. The highest BCUT2D eigenvalue weighted by molar-refractivity contribution is 6.32. The van der Waals surface area contributed by atoms with Gasteiger partial charge in [-0.25, -0.2) is 0 Å². The van der Waals surface area contributed by atoms with E-state index in [1.807, 2.05) is 30.3 Å². The maximum Gasteiger partial charge on any atom is 0.312 e. The molecule has 0 saturated carbocycles.